The Labute approximate surface area is 87.0 Å². The lowest BCUT2D eigenvalue weighted by Gasteiger charge is -1.98. The molecular weight excluding hydrogens is 206 g/mol. The third-order valence-corrected chi connectivity index (χ3v) is 1.44. The van der Waals surface area contributed by atoms with Gasteiger partial charge in [-0.1, -0.05) is 0 Å². The Morgan fingerprint density at radius 3 is 2.71 bits per heavy atom. The maximum atomic E-state index is 10.9. The van der Waals surface area contributed by atoms with Crippen LogP contribution in [-0.2, 0) is 13.6 Å². The molecule has 0 saturated heterocycles. The molecule has 0 aromatic carbocycles. The van der Waals surface area contributed by atoms with Gasteiger partial charge in [0.2, 0.25) is 0 Å². The van der Waals surface area contributed by atoms with Gasteiger partial charge in [0.1, 0.15) is 0 Å². The molecule has 0 unspecified atom stereocenters. The number of guanidine groups is 1. The molecule has 1 rings (SSSR count). The minimum absolute atomic E-state index is 0. The van der Waals surface area contributed by atoms with Gasteiger partial charge in [-0.25, -0.2) is 9.67 Å². The summed E-state index contributed by atoms with van der Waals surface area (Å²) in [6, 6.07) is 3.01. The van der Waals surface area contributed by atoms with Crippen molar-refractivity contribution < 1.29 is 0 Å². The molecule has 0 atom stereocenters. The van der Waals surface area contributed by atoms with Gasteiger partial charge < -0.3 is 11.5 Å². The van der Waals surface area contributed by atoms with Crippen molar-refractivity contribution in [2.45, 2.75) is 6.54 Å². The molecular formula is C7H12ClN5O. The van der Waals surface area contributed by atoms with E-state index in [2.05, 4.69) is 10.1 Å². The summed E-state index contributed by atoms with van der Waals surface area (Å²) in [5, 5.41) is 3.93. The zero-order chi connectivity index (χ0) is 9.84. The van der Waals surface area contributed by atoms with Crippen LogP contribution in [-0.4, -0.2) is 15.7 Å². The van der Waals surface area contributed by atoms with Crippen molar-refractivity contribution in [2.75, 3.05) is 0 Å². The van der Waals surface area contributed by atoms with E-state index in [0.29, 0.717) is 5.69 Å². The maximum Gasteiger partial charge on any atom is 0.266 e. The fourth-order valence-corrected chi connectivity index (χ4v) is 0.807. The summed E-state index contributed by atoms with van der Waals surface area (Å²) in [4.78, 5) is 14.7. The standard InChI is InChI=1S/C7H11N5O.ClH/c1-12-6(13)3-2-5(11-12)4-10-7(8)9;/h2-3H,4H2,1H3,(H4,8,9,10);1H. The number of aromatic nitrogens is 2. The third kappa shape index (κ3) is 3.44. The van der Waals surface area contributed by atoms with Crippen molar-refractivity contribution in [3.8, 4) is 0 Å². The first kappa shape index (κ1) is 12.4. The molecule has 0 aliphatic rings. The van der Waals surface area contributed by atoms with Crippen molar-refractivity contribution in [3.63, 3.8) is 0 Å². The topological polar surface area (TPSA) is 99.3 Å². The van der Waals surface area contributed by atoms with Gasteiger partial charge in [0.15, 0.2) is 5.96 Å². The SMILES string of the molecule is Cl.Cn1nc(CN=C(N)N)ccc1=O. The lowest BCUT2D eigenvalue weighted by atomic mass is 10.4. The zero-order valence-electron chi connectivity index (χ0n) is 7.67. The van der Waals surface area contributed by atoms with Gasteiger partial charge >= 0.3 is 0 Å². The molecule has 1 aromatic rings. The zero-order valence-corrected chi connectivity index (χ0v) is 8.49. The number of hydrogen-bond donors (Lipinski definition) is 2. The third-order valence-electron chi connectivity index (χ3n) is 1.44. The van der Waals surface area contributed by atoms with Gasteiger partial charge in [-0.05, 0) is 6.07 Å². The molecule has 7 heteroatoms. The van der Waals surface area contributed by atoms with Crippen molar-refractivity contribution in [1.82, 2.24) is 9.78 Å². The Kier molecular flexibility index (Phi) is 4.65. The van der Waals surface area contributed by atoms with Crippen molar-refractivity contribution in [2.24, 2.45) is 23.5 Å². The van der Waals surface area contributed by atoms with Crippen LogP contribution in [0.4, 0.5) is 0 Å². The summed E-state index contributed by atoms with van der Waals surface area (Å²) in [7, 11) is 1.57. The van der Waals surface area contributed by atoms with E-state index in [9.17, 15) is 4.79 Å². The van der Waals surface area contributed by atoms with Gasteiger partial charge in [-0.2, -0.15) is 5.10 Å². The Morgan fingerprint density at radius 2 is 2.21 bits per heavy atom. The van der Waals surface area contributed by atoms with Crippen LogP contribution in [0.25, 0.3) is 0 Å². The monoisotopic (exact) mass is 217 g/mol. The van der Waals surface area contributed by atoms with Crippen molar-refractivity contribution in [1.29, 1.82) is 0 Å². The highest BCUT2D eigenvalue weighted by Gasteiger charge is 1.95. The van der Waals surface area contributed by atoms with Gasteiger partial charge in [0, 0.05) is 13.1 Å². The van der Waals surface area contributed by atoms with Crippen LogP contribution in [0.2, 0.25) is 0 Å². The predicted molar refractivity (Wildman–Crippen MR) is 56.2 cm³/mol. The van der Waals surface area contributed by atoms with E-state index in [0.717, 1.165) is 0 Å². The summed E-state index contributed by atoms with van der Waals surface area (Å²) in [5.41, 5.74) is 10.8. The van der Waals surface area contributed by atoms with E-state index in [1.807, 2.05) is 0 Å². The van der Waals surface area contributed by atoms with Crippen molar-refractivity contribution >= 4 is 18.4 Å². The van der Waals surface area contributed by atoms with Gasteiger partial charge in [-0.15, -0.1) is 12.4 Å². The Hall–Kier alpha value is -1.56. The first-order valence-corrected chi connectivity index (χ1v) is 3.68. The molecule has 0 radical (unpaired) electrons. The Balaban J connectivity index is 0.00000169. The number of halogens is 1. The quantitative estimate of drug-likeness (QED) is 0.489. The van der Waals surface area contributed by atoms with Gasteiger partial charge in [0.05, 0.1) is 12.2 Å². The molecule has 1 heterocycles. The summed E-state index contributed by atoms with van der Waals surface area (Å²) in [6.07, 6.45) is 0. The molecule has 4 N–H and O–H groups in total. The number of nitrogens with zero attached hydrogens (tertiary/aromatic N) is 3. The second-order valence-corrected chi connectivity index (χ2v) is 2.53. The highest BCUT2D eigenvalue weighted by molar-refractivity contribution is 5.85. The van der Waals surface area contributed by atoms with E-state index in [1.165, 1.54) is 10.7 Å². The van der Waals surface area contributed by atoms with Gasteiger partial charge in [0.25, 0.3) is 5.56 Å². The normalized spacial score (nSPS) is 8.93. The molecule has 14 heavy (non-hydrogen) atoms. The number of aryl methyl sites for hydroxylation is 1. The van der Waals surface area contributed by atoms with Crippen LogP contribution < -0.4 is 17.0 Å². The van der Waals surface area contributed by atoms with Crippen LogP contribution in [0, 0.1) is 0 Å². The second-order valence-electron chi connectivity index (χ2n) is 2.53. The minimum atomic E-state index is -0.159. The average molecular weight is 218 g/mol. The molecule has 1 aromatic heterocycles. The summed E-state index contributed by atoms with van der Waals surface area (Å²) < 4.78 is 1.23. The molecule has 0 spiro atoms. The van der Waals surface area contributed by atoms with E-state index in [-0.39, 0.29) is 30.5 Å². The predicted octanol–water partition coefficient (Wildman–Crippen LogP) is -1.02. The van der Waals surface area contributed by atoms with E-state index < -0.39 is 0 Å². The Bertz CT molecular complexity index is 382. The summed E-state index contributed by atoms with van der Waals surface area (Å²) in [5.74, 6) is 0.00986. The highest BCUT2D eigenvalue weighted by atomic mass is 35.5. The minimum Gasteiger partial charge on any atom is -0.370 e. The molecule has 0 bridgehead atoms. The first-order chi connectivity index (χ1) is 6.09. The van der Waals surface area contributed by atoms with Crippen LogP contribution in [0.1, 0.15) is 5.69 Å². The van der Waals surface area contributed by atoms with E-state index in [4.69, 9.17) is 11.5 Å². The van der Waals surface area contributed by atoms with Crippen molar-refractivity contribution in [3.05, 3.63) is 28.2 Å². The molecule has 0 aliphatic carbocycles. The number of nitrogens with two attached hydrogens (primary N) is 2. The molecule has 0 fully saturated rings. The van der Waals surface area contributed by atoms with Gasteiger partial charge in [-0.3, -0.25) is 4.79 Å². The lowest BCUT2D eigenvalue weighted by molar-refractivity contribution is 0.678. The smallest absolute Gasteiger partial charge is 0.266 e. The van der Waals surface area contributed by atoms with Crippen LogP contribution in [0.5, 0.6) is 0 Å². The average Bonchev–Trinajstić information content (AvgIpc) is 2.07. The Morgan fingerprint density at radius 1 is 1.57 bits per heavy atom. The van der Waals surface area contributed by atoms with Crippen LogP contribution in [0.3, 0.4) is 0 Å². The fourth-order valence-electron chi connectivity index (χ4n) is 0.807. The molecule has 78 valence electrons. The maximum absolute atomic E-state index is 10.9. The lowest BCUT2D eigenvalue weighted by Crippen LogP contribution is -2.23. The second kappa shape index (κ2) is 5.23. The number of aliphatic imine (C=N–C) groups is 1. The number of rotatable bonds is 2. The summed E-state index contributed by atoms with van der Waals surface area (Å²) >= 11 is 0. The molecule has 0 amide bonds. The highest BCUT2D eigenvalue weighted by Crippen LogP contribution is 1.91. The van der Waals surface area contributed by atoms with E-state index >= 15 is 0 Å². The largest absolute Gasteiger partial charge is 0.370 e. The van der Waals surface area contributed by atoms with Crippen LogP contribution in [0.15, 0.2) is 21.9 Å². The first-order valence-electron chi connectivity index (χ1n) is 3.68. The van der Waals surface area contributed by atoms with Crippen LogP contribution >= 0.6 is 12.4 Å². The molecule has 6 nitrogen and oxygen atoms in total. The van der Waals surface area contributed by atoms with E-state index in [1.54, 1.807) is 13.1 Å². The fraction of sp³-hybridized carbons (Fsp3) is 0.286. The molecule has 0 saturated carbocycles. The summed E-state index contributed by atoms with van der Waals surface area (Å²) in [6.45, 7) is 0.288. The number of hydrogen-bond acceptors (Lipinski definition) is 3. The molecule has 0 aliphatic heterocycles.